The topological polar surface area (TPSA) is 72.5 Å². The van der Waals surface area contributed by atoms with Crippen LogP contribution in [0, 0.1) is 0 Å². The molecule has 1 aromatic heterocycles. The van der Waals surface area contributed by atoms with E-state index in [1.165, 1.54) is 0 Å². The van der Waals surface area contributed by atoms with Gasteiger partial charge in [0.15, 0.2) is 11.5 Å². The number of pyridine rings is 1. The maximum Gasteiger partial charge on any atom is 0.255 e. The highest BCUT2D eigenvalue weighted by molar-refractivity contribution is 6.01. The molecule has 0 aliphatic carbocycles. The lowest BCUT2D eigenvalue weighted by Gasteiger charge is -2.28. The van der Waals surface area contributed by atoms with Crippen molar-refractivity contribution in [1.82, 2.24) is 10.3 Å². The molecule has 136 valence electrons. The molecular formula is C21H19N3O3. The highest BCUT2D eigenvalue weighted by atomic mass is 16.5. The number of nitrogens with one attached hydrogen (secondary N) is 2. The van der Waals surface area contributed by atoms with Gasteiger partial charge in [-0.2, -0.15) is 0 Å². The average molecular weight is 361 g/mol. The van der Waals surface area contributed by atoms with Gasteiger partial charge in [0.2, 0.25) is 0 Å². The Balaban J connectivity index is 1.54. The van der Waals surface area contributed by atoms with Crippen LogP contribution in [-0.2, 0) is 6.61 Å². The molecule has 0 spiro atoms. The summed E-state index contributed by atoms with van der Waals surface area (Å²) < 4.78 is 11.4. The predicted octanol–water partition coefficient (Wildman–Crippen LogP) is 3.52. The molecule has 3 aromatic rings. The van der Waals surface area contributed by atoms with Gasteiger partial charge in [-0.15, -0.1) is 0 Å². The molecule has 1 amide bonds. The van der Waals surface area contributed by atoms with E-state index >= 15 is 0 Å². The van der Waals surface area contributed by atoms with E-state index in [1.54, 1.807) is 25.6 Å². The van der Waals surface area contributed by atoms with E-state index in [1.807, 2.05) is 48.5 Å². The van der Waals surface area contributed by atoms with Gasteiger partial charge in [-0.25, -0.2) is 0 Å². The lowest BCUT2D eigenvalue weighted by molar-refractivity contribution is 0.0935. The second-order valence-electron chi connectivity index (χ2n) is 6.15. The molecule has 0 unspecified atom stereocenters. The number of hydrogen-bond donors (Lipinski definition) is 2. The summed E-state index contributed by atoms with van der Waals surface area (Å²) in [6, 6.07) is 16.9. The number of aromatic nitrogens is 1. The van der Waals surface area contributed by atoms with Gasteiger partial charge in [0, 0.05) is 18.1 Å². The smallest absolute Gasteiger partial charge is 0.255 e. The molecule has 2 N–H and O–H groups in total. The van der Waals surface area contributed by atoms with Gasteiger partial charge in [-0.05, 0) is 47.5 Å². The number of nitrogens with zero attached hydrogens (tertiary/aromatic N) is 1. The number of hydrogen-bond acceptors (Lipinski definition) is 5. The molecule has 1 aliphatic heterocycles. The molecule has 2 heterocycles. The lowest BCUT2D eigenvalue weighted by Crippen LogP contribution is -2.38. The normalized spacial score (nSPS) is 15.3. The Labute approximate surface area is 157 Å². The van der Waals surface area contributed by atoms with E-state index < -0.39 is 0 Å². The molecule has 0 saturated carbocycles. The zero-order chi connectivity index (χ0) is 18.6. The van der Waals surface area contributed by atoms with Crippen molar-refractivity contribution in [3.05, 3.63) is 83.7 Å². The molecule has 0 bridgehead atoms. The van der Waals surface area contributed by atoms with Crippen LogP contribution in [0.2, 0.25) is 0 Å². The molecule has 27 heavy (non-hydrogen) atoms. The van der Waals surface area contributed by atoms with E-state index in [4.69, 9.17) is 9.47 Å². The summed E-state index contributed by atoms with van der Waals surface area (Å²) in [5.41, 5.74) is 3.35. The van der Waals surface area contributed by atoms with E-state index in [0.29, 0.717) is 23.7 Å². The third-order valence-corrected chi connectivity index (χ3v) is 4.41. The van der Waals surface area contributed by atoms with Gasteiger partial charge in [-0.1, -0.05) is 18.2 Å². The summed E-state index contributed by atoms with van der Waals surface area (Å²) in [6.07, 6.45) is 3.12. The van der Waals surface area contributed by atoms with Crippen LogP contribution in [0.25, 0.3) is 0 Å². The lowest BCUT2D eigenvalue weighted by atomic mass is 10.1. The number of rotatable bonds is 5. The number of methoxy groups -OCH3 is 1. The Morgan fingerprint density at radius 2 is 1.81 bits per heavy atom. The van der Waals surface area contributed by atoms with E-state index in [2.05, 4.69) is 15.6 Å². The summed E-state index contributed by atoms with van der Waals surface area (Å²) in [6.45, 7) is 0.421. The molecule has 4 rings (SSSR count). The van der Waals surface area contributed by atoms with Crippen LogP contribution in [0.1, 0.15) is 27.7 Å². The molecule has 0 saturated heterocycles. The van der Waals surface area contributed by atoms with Crippen molar-refractivity contribution in [2.24, 2.45) is 0 Å². The van der Waals surface area contributed by atoms with Crippen LogP contribution in [0.15, 0.2) is 67.0 Å². The van der Waals surface area contributed by atoms with Crippen molar-refractivity contribution in [1.29, 1.82) is 0 Å². The number of para-hydroxylation sites is 1. The number of benzene rings is 2. The fourth-order valence-corrected chi connectivity index (χ4v) is 3.00. The Morgan fingerprint density at radius 3 is 2.63 bits per heavy atom. The van der Waals surface area contributed by atoms with Gasteiger partial charge in [0.1, 0.15) is 12.8 Å². The Kier molecular flexibility index (Phi) is 4.61. The second-order valence-corrected chi connectivity index (χ2v) is 6.15. The summed E-state index contributed by atoms with van der Waals surface area (Å²) in [5.74, 6) is 1.14. The minimum Gasteiger partial charge on any atom is -0.493 e. The number of anilines is 1. The molecule has 1 atom stereocenters. The standard InChI is InChI=1S/C21H19N3O3/c1-26-19-12-15(6-7-18(19)27-13-14-8-10-22-11-9-14)20-23-17-5-3-2-4-16(17)21(25)24-20/h2-12,20,23H,13H2,1H3,(H,24,25)/t20-/m1/s1. The maximum atomic E-state index is 12.3. The fraction of sp³-hybridized carbons (Fsp3) is 0.143. The number of amides is 1. The number of ether oxygens (including phenoxy) is 2. The van der Waals surface area contributed by atoms with Crippen LogP contribution in [0.3, 0.4) is 0 Å². The third kappa shape index (κ3) is 3.55. The second kappa shape index (κ2) is 7.37. The van der Waals surface area contributed by atoms with Crippen molar-refractivity contribution in [2.75, 3.05) is 12.4 Å². The molecule has 6 heteroatoms. The minimum absolute atomic E-state index is 0.105. The van der Waals surface area contributed by atoms with Crippen molar-refractivity contribution in [3.63, 3.8) is 0 Å². The first-order chi connectivity index (χ1) is 13.2. The molecule has 0 fully saturated rings. The molecule has 0 radical (unpaired) electrons. The van der Waals surface area contributed by atoms with Gasteiger partial charge >= 0.3 is 0 Å². The number of carbonyl (C=O) groups excluding carboxylic acids is 1. The van der Waals surface area contributed by atoms with Gasteiger partial charge < -0.3 is 20.1 Å². The van der Waals surface area contributed by atoms with Crippen LogP contribution < -0.4 is 20.1 Å². The number of carbonyl (C=O) groups is 1. The van der Waals surface area contributed by atoms with Crippen molar-refractivity contribution in [3.8, 4) is 11.5 Å². The summed E-state index contributed by atoms with van der Waals surface area (Å²) in [7, 11) is 1.60. The molecule has 6 nitrogen and oxygen atoms in total. The fourth-order valence-electron chi connectivity index (χ4n) is 3.00. The predicted molar refractivity (Wildman–Crippen MR) is 102 cm³/mol. The molecular weight excluding hydrogens is 342 g/mol. The Morgan fingerprint density at radius 1 is 1.00 bits per heavy atom. The van der Waals surface area contributed by atoms with Crippen molar-refractivity contribution in [2.45, 2.75) is 12.8 Å². The first-order valence-corrected chi connectivity index (χ1v) is 8.60. The largest absolute Gasteiger partial charge is 0.493 e. The Bertz CT molecular complexity index is 960. The SMILES string of the molecule is COc1cc([C@H]2NC(=O)c3ccccc3N2)ccc1OCc1ccncc1. The summed E-state index contributed by atoms with van der Waals surface area (Å²) in [4.78, 5) is 16.3. The average Bonchev–Trinajstić information content (AvgIpc) is 2.73. The monoisotopic (exact) mass is 361 g/mol. The van der Waals surface area contributed by atoms with Crippen LogP contribution in [0.4, 0.5) is 5.69 Å². The van der Waals surface area contributed by atoms with Crippen molar-refractivity contribution >= 4 is 11.6 Å². The number of fused-ring (bicyclic) bond motifs is 1. The molecule has 2 aromatic carbocycles. The van der Waals surface area contributed by atoms with Crippen molar-refractivity contribution < 1.29 is 14.3 Å². The minimum atomic E-state index is -0.337. The first kappa shape index (κ1) is 16.9. The Hall–Kier alpha value is -3.54. The highest BCUT2D eigenvalue weighted by Gasteiger charge is 2.24. The van der Waals surface area contributed by atoms with Gasteiger partial charge in [0.05, 0.1) is 12.7 Å². The van der Waals surface area contributed by atoms with E-state index in [-0.39, 0.29) is 12.1 Å². The van der Waals surface area contributed by atoms with Crippen LogP contribution in [0.5, 0.6) is 11.5 Å². The summed E-state index contributed by atoms with van der Waals surface area (Å²) >= 11 is 0. The quantitative estimate of drug-likeness (QED) is 0.727. The third-order valence-electron chi connectivity index (χ3n) is 4.41. The zero-order valence-electron chi connectivity index (χ0n) is 14.8. The maximum absolute atomic E-state index is 12.3. The first-order valence-electron chi connectivity index (χ1n) is 8.60. The van der Waals surface area contributed by atoms with E-state index in [0.717, 1.165) is 16.8 Å². The van der Waals surface area contributed by atoms with Gasteiger partial charge in [-0.3, -0.25) is 9.78 Å². The van der Waals surface area contributed by atoms with Crippen LogP contribution in [-0.4, -0.2) is 18.0 Å². The zero-order valence-corrected chi connectivity index (χ0v) is 14.8. The highest BCUT2D eigenvalue weighted by Crippen LogP contribution is 2.33. The summed E-state index contributed by atoms with van der Waals surface area (Å²) in [5, 5.41) is 6.30. The molecule has 1 aliphatic rings. The van der Waals surface area contributed by atoms with Crippen LogP contribution >= 0.6 is 0 Å². The van der Waals surface area contributed by atoms with Gasteiger partial charge in [0.25, 0.3) is 5.91 Å². The van der Waals surface area contributed by atoms with E-state index in [9.17, 15) is 4.79 Å².